The first-order valence-electron chi connectivity index (χ1n) is 6.94. The molecule has 0 saturated carbocycles. The normalized spacial score (nSPS) is 13.0. The lowest BCUT2D eigenvalue weighted by molar-refractivity contribution is 0.340. The van der Waals surface area contributed by atoms with E-state index in [2.05, 4.69) is 0 Å². The lowest BCUT2D eigenvalue weighted by atomic mass is 9.94. The van der Waals surface area contributed by atoms with Gasteiger partial charge in [0.05, 0.1) is 14.2 Å². The first-order valence-corrected chi connectivity index (χ1v) is 6.94. The SMILES string of the molecule is COc1cc2c(c(OC)c1O)-c1ccc(O)cc1CCC2. The summed E-state index contributed by atoms with van der Waals surface area (Å²) in [6, 6.07) is 7.19. The summed E-state index contributed by atoms with van der Waals surface area (Å²) in [5.41, 5.74) is 4.04. The molecule has 110 valence electrons. The van der Waals surface area contributed by atoms with E-state index in [0.717, 1.165) is 41.5 Å². The second-order valence-electron chi connectivity index (χ2n) is 5.19. The molecule has 0 unspecified atom stereocenters. The minimum atomic E-state index is 0.0136. The zero-order valence-corrected chi connectivity index (χ0v) is 12.1. The van der Waals surface area contributed by atoms with Gasteiger partial charge in [-0.15, -0.1) is 0 Å². The fourth-order valence-corrected chi connectivity index (χ4v) is 3.02. The van der Waals surface area contributed by atoms with E-state index in [1.54, 1.807) is 19.2 Å². The molecule has 0 bridgehead atoms. The molecule has 0 aliphatic heterocycles. The van der Waals surface area contributed by atoms with Crippen molar-refractivity contribution in [1.82, 2.24) is 0 Å². The van der Waals surface area contributed by atoms with Gasteiger partial charge >= 0.3 is 0 Å². The van der Waals surface area contributed by atoms with E-state index in [1.807, 2.05) is 12.1 Å². The average Bonchev–Trinajstić information content (AvgIpc) is 2.65. The number of aromatic hydroxyl groups is 2. The molecule has 0 amide bonds. The lowest BCUT2D eigenvalue weighted by Gasteiger charge is -2.17. The summed E-state index contributed by atoms with van der Waals surface area (Å²) >= 11 is 0. The van der Waals surface area contributed by atoms with Crippen molar-refractivity contribution in [3.63, 3.8) is 0 Å². The van der Waals surface area contributed by atoms with Gasteiger partial charge in [0, 0.05) is 5.56 Å². The van der Waals surface area contributed by atoms with Crippen molar-refractivity contribution < 1.29 is 19.7 Å². The first-order chi connectivity index (χ1) is 10.2. The number of phenolic OH excluding ortho intramolecular Hbond substituents is 2. The molecule has 0 atom stereocenters. The topological polar surface area (TPSA) is 58.9 Å². The van der Waals surface area contributed by atoms with Crippen molar-refractivity contribution in [3.05, 3.63) is 35.4 Å². The number of hydrogen-bond donors (Lipinski definition) is 2. The Morgan fingerprint density at radius 1 is 0.952 bits per heavy atom. The lowest BCUT2D eigenvalue weighted by Crippen LogP contribution is -1.97. The Morgan fingerprint density at radius 3 is 2.43 bits per heavy atom. The number of phenols is 2. The predicted molar refractivity (Wildman–Crippen MR) is 80.3 cm³/mol. The van der Waals surface area contributed by atoms with Gasteiger partial charge in [-0.05, 0) is 54.2 Å². The van der Waals surface area contributed by atoms with Gasteiger partial charge in [-0.2, -0.15) is 0 Å². The van der Waals surface area contributed by atoms with Gasteiger partial charge in [-0.3, -0.25) is 0 Å². The second kappa shape index (κ2) is 5.20. The number of ether oxygens (including phenoxy) is 2. The van der Waals surface area contributed by atoms with Gasteiger partial charge in [-0.25, -0.2) is 0 Å². The molecule has 1 aliphatic rings. The molecule has 4 nitrogen and oxygen atoms in total. The van der Waals surface area contributed by atoms with E-state index in [4.69, 9.17) is 9.47 Å². The molecule has 0 radical (unpaired) electrons. The second-order valence-corrected chi connectivity index (χ2v) is 5.19. The van der Waals surface area contributed by atoms with Crippen molar-refractivity contribution in [2.24, 2.45) is 0 Å². The number of benzene rings is 2. The van der Waals surface area contributed by atoms with Crippen LogP contribution in [-0.4, -0.2) is 24.4 Å². The van der Waals surface area contributed by atoms with Gasteiger partial charge < -0.3 is 19.7 Å². The van der Waals surface area contributed by atoms with Crippen LogP contribution in [0.5, 0.6) is 23.0 Å². The summed E-state index contributed by atoms with van der Waals surface area (Å²) in [4.78, 5) is 0. The molecule has 1 aliphatic carbocycles. The van der Waals surface area contributed by atoms with Crippen LogP contribution in [0.15, 0.2) is 24.3 Å². The number of hydrogen-bond acceptors (Lipinski definition) is 4. The zero-order chi connectivity index (χ0) is 15.0. The Morgan fingerprint density at radius 2 is 1.71 bits per heavy atom. The van der Waals surface area contributed by atoms with Gasteiger partial charge in [0.25, 0.3) is 0 Å². The molecular weight excluding hydrogens is 268 g/mol. The molecule has 3 rings (SSSR count). The Kier molecular flexibility index (Phi) is 3.37. The summed E-state index contributed by atoms with van der Waals surface area (Å²) in [5.74, 6) is 1.12. The van der Waals surface area contributed by atoms with E-state index in [9.17, 15) is 10.2 Å². The molecule has 4 heteroatoms. The highest BCUT2D eigenvalue weighted by atomic mass is 16.5. The molecule has 2 aromatic rings. The third kappa shape index (κ3) is 2.17. The Balaban J connectivity index is 2.33. The van der Waals surface area contributed by atoms with Crippen molar-refractivity contribution >= 4 is 0 Å². The number of fused-ring (bicyclic) bond motifs is 3. The monoisotopic (exact) mass is 286 g/mol. The van der Waals surface area contributed by atoms with Crippen molar-refractivity contribution in [2.75, 3.05) is 14.2 Å². The minimum Gasteiger partial charge on any atom is -0.508 e. The first kappa shape index (κ1) is 13.6. The van der Waals surface area contributed by atoms with Crippen LogP contribution < -0.4 is 9.47 Å². The van der Waals surface area contributed by atoms with E-state index >= 15 is 0 Å². The van der Waals surface area contributed by atoms with Crippen LogP contribution in [0.4, 0.5) is 0 Å². The van der Waals surface area contributed by atoms with Crippen molar-refractivity contribution in [1.29, 1.82) is 0 Å². The van der Waals surface area contributed by atoms with Crippen LogP contribution in [0.25, 0.3) is 11.1 Å². The standard InChI is InChI=1S/C17H18O4/c1-20-14-9-11-5-3-4-10-8-12(18)6-7-13(10)15(11)17(21-2)16(14)19/h6-9,18-19H,3-5H2,1-2H3. The quantitative estimate of drug-likeness (QED) is 0.889. The molecule has 2 N–H and O–H groups in total. The summed E-state index contributed by atoms with van der Waals surface area (Å²) < 4.78 is 10.7. The van der Waals surface area contributed by atoms with E-state index in [-0.39, 0.29) is 11.5 Å². The molecular formula is C17H18O4. The maximum atomic E-state index is 10.3. The smallest absolute Gasteiger partial charge is 0.201 e. The van der Waals surface area contributed by atoms with E-state index < -0.39 is 0 Å². The van der Waals surface area contributed by atoms with Crippen LogP contribution in [0.3, 0.4) is 0 Å². The number of methoxy groups -OCH3 is 2. The van der Waals surface area contributed by atoms with Gasteiger partial charge in [-0.1, -0.05) is 6.07 Å². The zero-order valence-electron chi connectivity index (χ0n) is 12.1. The van der Waals surface area contributed by atoms with Crippen molar-refractivity contribution in [2.45, 2.75) is 19.3 Å². The Hall–Kier alpha value is -2.36. The van der Waals surface area contributed by atoms with Crippen LogP contribution in [0.1, 0.15) is 17.5 Å². The van der Waals surface area contributed by atoms with Crippen molar-refractivity contribution in [3.8, 4) is 34.1 Å². The molecule has 0 spiro atoms. The number of aryl methyl sites for hydroxylation is 2. The van der Waals surface area contributed by atoms with Crippen LogP contribution >= 0.6 is 0 Å². The fourth-order valence-electron chi connectivity index (χ4n) is 3.02. The van der Waals surface area contributed by atoms with Gasteiger partial charge in [0.2, 0.25) is 5.75 Å². The third-order valence-corrected chi connectivity index (χ3v) is 3.98. The highest BCUT2D eigenvalue weighted by molar-refractivity contribution is 5.82. The summed E-state index contributed by atoms with van der Waals surface area (Å²) in [6.07, 6.45) is 2.73. The van der Waals surface area contributed by atoms with E-state index in [0.29, 0.717) is 11.5 Å². The largest absolute Gasteiger partial charge is 0.508 e. The Labute approximate surface area is 123 Å². The van der Waals surface area contributed by atoms with Crippen LogP contribution in [0.2, 0.25) is 0 Å². The molecule has 0 heterocycles. The average molecular weight is 286 g/mol. The maximum Gasteiger partial charge on any atom is 0.201 e. The summed E-state index contributed by atoms with van der Waals surface area (Å²) in [6.45, 7) is 0. The number of rotatable bonds is 2. The van der Waals surface area contributed by atoms with E-state index in [1.165, 1.54) is 7.11 Å². The molecule has 0 fully saturated rings. The highest BCUT2D eigenvalue weighted by Gasteiger charge is 2.24. The van der Waals surface area contributed by atoms with Gasteiger partial charge in [0.15, 0.2) is 11.5 Å². The van der Waals surface area contributed by atoms with Crippen LogP contribution in [-0.2, 0) is 12.8 Å². The third-order valence-electron chi connectivity index (χ3n) is 3.98. The fraction of sp³-hybridized carbons (Fsp3) is 0.294. The summed E-state index contributed by atoms with van der Waals surface area (Å²) in [5, 5.41) is 20.0. The van der Waals surface area contributed by atoms with Crippen LogP contribution in [0, 0.1) is 0 Å². The molecule has 21 heavy (non-hydrogen) atoms. The minimum absolute atomic E-state index is 0.0136. The Bertz CT molecular complexity index is 692. The summed E-state index contributed by atoms with van der Waals surface area (Å²) in [7, 11) is 3.07. The molecule has 0 saturated heterocycles. The predicted octanol–water partition coefficient (Wildman–Crippen LogP) is 3.27. The maximum absolute atomic E-state index is 10.3. The molecule has 0 aromatic heterocycles. The molecule has 2 aromatic carbocycles. The van der Waals surface area contributed by atoms with Gasteiger partial charge in [0.1, 0.15) is 5.75 Å². The highest BCUT2D eigenvalue weighted by Crippen LogP contribution is 2.48.